The largest absolute Gasteiger partial charge is 0.476 e. The van der Waals surface area contributed by atoms with Gasteiger partial charge < -0.3 is 10.0 Å². The second kappa shape index (κ2) is 8.14. The van der Waals surface area contributed by atoms with Crippen molar-refractivity contribution < 1.29 is 14.7 Å². The molecular formula is C21H26N4O3. The lowest BCUT2D eigenvalue weighted by Crippen LogP contribution is -2.42. The SMILES string of the molecule is O=C(O)c1cc2n(n1)CCN(CCC1CCN(Cc3ccccc3)CC1)C2=O. The summed E-state index contributed by atoms with van der Waals surface area (Å²) >= 11 is 0. The third-order valence-electron chi connectivity index (χ3n) is 5.85. The highest BCUT2D eigenvalue weighted by Crippen LogP contribution is 2.23. The van der Waals surface area contributed by atoms with Gasteiger partial charge in [-0.2, -0.15) is 5.10 Å². The van der Waals surface area contributed by atoms with E-state index >= 15 is 0 Å². The van der Waals surface area contributed by atoms with E-state index in [1.54, 1.807) is 0 Å². The van der Waals surface area contributed by atoms with Crippen LogP contribution in [0.5, 0.6) is 0 Å². The number of hydrogen-bond donors (Lipinski definition) is 1. The van der Waals surface area contributed by atoms with E-state index in [1.165, 1.54) is 16.3 Å². The Morgan fingerprint density at radius 3 is 2.57 bits per heavy atom. The van der Waals surface area contributed by atoms with Crippen LogP contribution in [0.25, 0.3) is 0 Å². The fourth-order valence-corrected chi connectivity index (χ4v) is 4.17. The van der Waals surface area contributed by atoms with Crippen LogP contribution in [0, 0.1) is 5.92 Å². The summed E-state index contributed by atoms with van der Waals surface area (Å²) in [6, 6.07) is 12.0. The predicted molar refractivity (Wildman–Crippen MR) is 104 cm³/mol. The Bertz CT molecular complexity index is 841. The zero-order valence-electron chi connectivity index (χ0n) is 16.0. The van der Waals surface area contributed by atoms with Gasteiger partial charge in [-0.15, -0.1) is 0 Å². The number of carboxylic acids is 1. The minimum absolute atomic E-state index is 0.0593. The van der Waals surface area contributed by atoms with E-state index in [-0.39, 0.29) is 11.6 Å². The van der Waals surface area contributed by atoms with Crippen LogP contribution in [0.4, 0.5) is 0 Å². The van der Waals surface area contributed by atoms with Gasteiger partial charge in [-0.1, -0.05) is 30.3 Å². The molecule has 2 aliphatic heterocycles. The molecule has 4 rings (SSSR count). The van der Waals surface area contributed by atoms with Gasteiger partial charge in [-0.25, -0.2) is 4.79 Å². The zero-order valence-corrected chi connectivity index (χ0v) is 16.0. The molecule has 7 nitrogen and oxygen atoms in total. The van der Waals surface area contributed by atoms with Crippen molar-refractivity contribution in [3.8, 4) is 0 Å². The third kappa shape index (κ3) is 4.09. The number of rotatable bonds is 6. The van der Waals surface area contributed by atoms with Crippen molar-refractivity contribution in [1.29, 1.82) is 0 Å². The first-order valence-corrected chi connectivity index (χ1v) is 9.97. The van der Waals surface area contributed by atoms with Crippen molar-refractivity contribution in [3.63, 3.8) is 0 Å². The minimum atomic E-state index is -1.09. The Kier molecular flexibility index (Phi) is 5.43. The summed E-state index contributed by atoms with van der Waals surface area (Å²) in [6.07, 6.45) is 3.33. The maximum absolute atomic E-state index is 12.6. The standard InChI is InChI=1S/C21H26N4O3/c26-20-19-14-18(21(27)28)22-25(19)13-12-24(20)11-8-16-6-9-23(10-7-16)15-17-4-2-1-3-5-17/h1-5,14,16H,6-13,15H2,(H,27,28). The lowest BCUT2D eigenvalue weighted by molar-refractivity contribution is 0.0664. The number of benzene rings is 1. The van der Waals surface area contributed by atoms with E-state index in [9.17, 15) is 9.59 Å². The first-order chi connectivity index (χ1) is 13.6. The van der Waals surface area contributed by atoms with Crippen LogP contribution in [0.3, 0.4) is 0 Å². The van der Waals surface area contributed by atoms with Gasteiger partial charge in [0.2, 0.25) is 0 Å². The second-order valence-electron chi connectivity index (χ2n) is 7.73. The molecule has 1 saturated heterocycles. The molecule has 7 heteroatoms. The fraction of sp³-hybridized carbons (Fsp3) is 0.476. The molecule has 0 spiro atoms. The number of aromatic carboxylic acids is 1. The third-order valence-corrected chi connectivity index (χ3v) is 5.85. The average Bonchev–Trinajstić information content (AvgIpc) is 3.15. The van der Waals surface area contributed by atoms with Crippen LogP contribution in [0.1, 0.15) is 45.8 Å². The molecule has 148 valence electrons. The van der Waals surface area contributed by atoms with Crippen LogP contribution in [0.2, 0.25) is 0 Å². The molecule has 1 amide bonds. The van der Waals surface area contributed by atoms with Gasteiger partial charge in [0.1, 0.15) is 5.69 Å². The molecule has 0 radical (unpaired) electrons. The minimum Gasteiger partial charge on any atom is -0.476 e. The highest BCUT2D eigenvalue weighted by Gasteiger charge is 2.28. The van der Waals surface area contributed by atoms with Gasteiger partial charge >= 0.3 is 5.97 Å². The zero-order chi connectivity index (χ0) is 19.5. The number of hydrogen-bond acceptors (Lipinski definition) is 4. The summed E-state index contributed by atoms with van der Waals surface area (Å²) < 4.78 is 1.52. The van der Waals surface area contributed by atoms with Crippen LogP contribution in [-0.2, 0) is 13.1 Å². The van der Waals surface area contributed by atoms with E-state index in [4.69, 9.17) is 5.11 Å². The number of amides is 1. The van der Waals surface area contributed by atoms with Crippen LogP contribution in [0.15, 0.2) is 36.4 Å². The predicted octanol–water partition coefficient (Wildman–Crippen LogP) is 2.34. The van der Waals surface area contributed by atoms with Crippen LogP contribution < -0.4 is 0 Å². The summed E-state index contributed by atoms with van der Waals surface area (Å²) in [5, 5.41) is 13.1. The number of nitrogens with zero attached hydrogens (tertiary/aromatic N) is 4. The summed E-state index contributed by atoms with van der Waals surface area (Å²) in [4.78, 5) is 28.1. The maximum Gasteiger partial charge on any atom is 0.356 e. The number of fused-ring (bicyclic) bond motifs is 1. The molecule has 2 aliphatic rings. The summed E-state index contributed by atoms with van der Waals surface area (Å²) in [5.41, 5.74) is 1.69. The first kappa shape index (κ1) is 18.7. The Morgan fingerprint density at radius 2 is 1.86 bits per heavy atom. The molecule has 3 heterocycles. The highest BCUT2D eigenvalue weighted by atomic mass is 16.4. The van der Waals surface area contributed by atoms with Gasteiger partial charge in [-0.3, -0.25) is 14.4 Å². The fourth-order valence-electron chi connectivity index (χ4n) is 4.17. The molecule has 0 bridgehead atoms. The van der Waals surface area contributed by atoms with Crippen molar-refractivity contribution in [2.45, 2.75) is 32.4 Å². The van der Waals surface area contributed by atoms with E-state index in [0.29, 0.717) is 24.7 Å². The molecule has 0 saturated carbocycles. The Balaban J connectivity index is 1.25. The quantitative estimate of drug-likeness (QED) is 0.830. The van der Waals surface area contributed by atoms with E-state index in [0.717, 1.165) is 45.4 Å². The Labute approximate surface area is 164 Å². The lowest BCUT2D eigenvalue weighted by Gasteiger charge is -2.34. The van der Waals surface area contributed by atoms with Crippen molar-refractivity contribution in [2.75, 3.05) is 26.2 Å². The molecule has 0 atom stereocenters. The summed E-state index contributed by atoms with van der Waals surface area (Å²) in [7, 11) is 0. The first-order valence-electron chi connectivity index (χ1n) is 9.97. The Morgan fingerprint density at radius 1 is 1.11 bits per heavy atom. The van der Waals surface area contributed by atoms with Gasteiger partial charge in [-0.05, 0) is 43.8 Å². The van der Waals surface area contributed by atoms with E-state index < -0.39 is 5.97 Å². The van der Waals surface area contributed by atoms with Crippen molar-refractivity contribution >= 4 is 11.9 Å². The van der Waals surface area contributed by atoms with E-state index in [2.05, 4.69) is 34.3 Å². The summed E-state index contributed by atoms with van der Waals surface area (Å²) in [5.74, 6) is -0.558. The second-order valence-corrected chi connectivity index (χ2v) is 7.73. The van der Waals surface area contributed by atoms with Crippen LogP contribution >= 0.6 is 0 Å². The lowest BCUT2D eigenvalue weighted by atomic mass is 9.93. The molecule has 28 heavy (non-hydrogen) atoms. The highest BCUT2D eigenvalue weighted by molar-refractivity contribution is 5.96. The van der Waals surface area contributed by atoms with Crippen molar-refractivity contribution in [2.24, 2.45) is 5.92 Å². The smallest absolute Gasteiger partial charge is 0.356 e. The number of piperidine rings is 1. The van der Waals surface area contributed by atoms with Crippen LogP contribution in [-0.4, -0.2) is 62.7 Å². The number of carbonyl (C=O) groups is 2. The van der Waals surface area contributed by atoms with Crippen molar-refractivity contribution in [3.05, 3.63) is 53.3 Å². The normalized spacial score (nSPS) is 18.3. The monoisotopic (exact) mass is 382 g/mol. The number of likely N-dealkylation sites (tertiary alicyclic amines) is 1. The van der Waals surface area contributed by atoms with Crippen molar-refractivity contribution in [1.82, 2.24) is 19.6 Å². The van der Waals surface area contributed by atoms with E-state index in [1.807, 2.05) is 11.0 Å². The maximum atomic E-state index is 12.6. The topological polar surface area (TPSA) is 78.7 Å². The molecule has 1 aromatic carbocycles. The molecule has 1 fully saturated rings. The molecule has 1 N–H and O–H groups in total. The van der Waals surface area contributed by atoms with Gasteiger partial charge in [0, 0.05) is 25.7 Å². The summed E-state index contributed by atoms with van der Waals surface area (Å²) in [6.45, 7) is 5.09. The molecular weight excluding hydrogens is 356 g/mol. The molecule has 1 aromatic heterocycles. The molecule has 0 unspecified atom stereocenters. The molecule has 0 aliphatic carbocycles. The average molecular weight is 382 g/mol. The number of carboxylic acid groups (broad SMARTS) is 1. The molecule has 2 aromatic rings. The van der Waals surface area contributed by atoms with Gasteiger partial charge in [0.05, 0.1) is 6.54 Å². The van der Waals surface area contributed by atoms with Gasteiger partial charge in [0.25, 0.3) is 5.91 Å². The number of aromatic nitrogens is 2. The van der Waals surface area contributed by atoms with Gasteiger partial charge in [0.15, 0.2) is 5.69 Å². The Hall–Kier alpha value is -2.67. The number of carbonyl (C=O) groups excluding carboxylic acids is 1.